The molecule has 0 aliphatic carbocycles. The van der Waals surface area contributed by atoms with E-state index >= 15 is 0 Å². The van der Waals surface area contributed by atoms with Crippen LogP contribution in [0.25, 0.3) is 11.4 Å². The number of aromatic nitrogens is 3. The van der Waals surface area contributed by atoms with Gasteiger partial charge < -0.3 is 9.88 Å². The molecule has 0 aliphatic heterocycles. The van der Waals surface area contributed by atoms with Gasteiger partial charge in [-0.3, -0.25) is 14.9 Å². The molecule has 0 fully saturated rings. The van der Waals surface area contributed by atoms with E-state index in [0.717, 1.165) is 17.0 Å². The van der Waals surface area contributed by atoms with Crippen LogP contribution < -0.4 is 5.32 Å². The van der Waals surface area contributed by atoms with Crippen LogP contribution in [-0.2, 0) is 11.3 Å². The molecule has 9 heteroatoms. The van der Waals surface area contributed by atoms with Gasteiger partial charge in [0.1, 0.15) is 0 Å². The number of thioether (sulfide) groups is 1. The van der Waals surface area contributed by atoms with Gasteiger partial charge in [-0.05, 0) is 19.4 Å². The van der Waals surface area contributed by atoms with Crippen molar-refractivity contribution in [3.05, 3.63) is 64.2 Å². The van der Waals surface area contributed by atoms with Crippen LogP contribution in [0.3, 0.4) is 0 Å². The molecule has 1 heterocycles. The molecule has 0 spiro atoms. The van der Waals surface area contributed by atoms with Crippen LogP contribution in [-0.4, -0.2) is 31.3 Å². The van der Waals surface area contributed by atoms with E-state index in [1.165, 1.54) is 23.9 Å². The number of hydrogen-bond donors (Lipinski definition) is 1. The average molecular weight is 397 g/mol. The fraction of sp³-hybridized carbons (Fsp3) is 0.211. The number of anilines is 1. The van der Waals surface area contributed by atoms with Gasteiger partial charge in [0.15, 0.2) is 11.0 Å². The fourth-order valence-corrected chi connectivity index (χ4v) is 3.46. The summed E-state index contributed by atoms with van der Waals surface area (Å²) in [5, 5.41) is 22.8. The highest BCUT2D eigenvalue weighted by atomic mass is 32.2. The van der Waals surface area contributed by atoms with Crippen LogP contribution in [0.15, 0.2) is 53.7 Å². The minimum absolute atomic E-state index is 0.0632. The lowest BCUT2D eigenvalue weighted by atomic mass is 10.2. The Kier molecular flexibility index (Phi) is 6.05. The van der Waals surface area contributed by atoms with Gasteiger partial charge in [-0.25, -0.2) is 0 Å². The van der Waals surface area contributed by atoms with E-state index < -0.39 is 4.92 Å². The van der Waals surface area contributed by atoms with Crippen molar-refractivity contribution in [2.24, 2.45) is 0 Å². The van der Waals surface area contributed by atoms with Crippen molar-refractivity contribution < 1.29 is 9.72 Å². The van der Waals surface area contributed by atoms with E-state index in [-0.39, 0.29) is 17.3 Å². The normalized spacial score (nSPS) is 10.6. The van der Waals surface area contributed by atoms with E-state index in [1.54, 1.807) is 13.0 Å². The van der Waals surface area contributed by atoms with E-state index in [4.69, 9.17) is 0 Å². The molecular formula is C19H19N5O3S. The number of nitro groups is 1. The summed E-state index contributed by atoms with van der Waals surface area (Å²) in [6, 6.07) is 14.1. The Bertz CT molecular complexity index is 1000. The highest BCUT2D eigenvalue weighted by Crippen LogP contribution is 2.25. The number of nitrogens with zero attached hydrogens (tertiary/aromatic N) is 4. The predicted octanol–water partition coefficient (Wildman–Crippen LogP) is 3.91. The molecule has 0 radical (unpaired) electrons. The van der Waals surface area contributed by atoms with Gasteiger partial charge in [-0.2, -0.15) is 0 Å². The summed E-state index contributed by atoms with van der Waals surface area (Å²) in [6.07, 6.45) is 0. The third-order valence-electron chi connectivity index (χ3n) is 4.10. The van der Waals surface area contributed by atoms with Crippen molar-refractivity contribution >= 4 is 29.0 Å². The first-order valence-electron chi connectivity index (χ1n) is 8.66. The molecule has 144 valence electrons. The number of nitro benzene ring substituents is 1. The Morgan fingerprint density at radius 2 is 1.96 bits per heavy atom. The molecule has 0 saturated carbocycles. The minimum Gasteiger partial charge on any atom is -0.325 e. The van der Waals surface area contributed by atoms with Crippen molar-refractivity contribution in [1.82, 2.24) is 14.8 Å². The maximum absolute atomic E-state index is 12.3. The number of benzene rings is 2. The molecule has 0 atom stereocenters. The molecule has 0 bridgehead atoms. The van der Waals surface area contributed by atoms with Crippen molar-refractivity contribution in [1.29, 1.82) is 0 Å². The second-order valence-electron chi connectivity index (χ2n) is 6.01. The van der Waals surface area contributed by atoms with Crippen LogP contribution in [0.4, 0.5) is 11.4 Å². The zero-order valence-corrected chi connectivity index (χ0v) is 16.3. The molecule has 1 aromatic heterocycles. The smallest absolute Gasteiger partial charge is 0.271 e. The van der Waals surface area contributed by atoms with Crippen LogP contribution >= 0.6 is 11.8 Å². The number of aryl methyl sites for hydroxylation is 1. The fourth-order valence-electron chi connectivity index (χ4n) is 2.66. The molecule has 0 saturated heterocycles. The third kappa shape index (κ3) is 4.37. The number of rotatable bonds is 7. The van der Waals surface area contributed by atoms with E-state index in [1.807, 2.05) is 41.8 Å². The van der Waals surface area contributed by atoms with Crippen LogP contribution in [0.1, 0.15) is 12.5 Å². The summed E-state index contributed by atoms with van der Waals surface area (Å²) < 4.78 is 1.95. The number of amides is 1. The van der Waals surface area contributed by atoms with Gasteiger partial charge in [0.2, 0.25) is 5.91 Å². The third-order valence-corrected chi connectivity index (χ3v) is 5.07. The largest absolute Gasteiger partial charge is 0.325 e. The molecule has 8 nitrogen and oxygen atoms in total. The summed E-state index contributed by atoms with van der Waals surface area (Å²) in [5.41, 5.74) is 2.08. The van der Waals surface area contributed by atoms with Crippen LogP contribution in [0.5, 0.6) is 0 Å². The topological polar surface area (TPSA) is 103 Å². The molecule has 3 aromatic rings. The van der Waals surface area contributed by atoms with Gasteiger partial charge >= 0.3 is 0 Å². The van der Waals surface area contributed by atoms with Gasteiger partial charge in [0.05, 0.1) is 16.4 Å². The highest BCUT2D eigenvalue weighted by Gasteiger charge is 2.15. The van der Waals surface area contributed by atoms with Crippen LogP contribution in [0, 0.1) is 17.0 Å². The van der Waals surface area contributed by atoms with Gasteiger partial charge in [-0.15, -0.1) is 10.2 Å². The Balaban J connectivity index is 1.70. The van der Waals surface area contributed by atoms with Crippen molar-refractivity contribution in [2.45, 2.75) is 25.5 Å². The second kappa shape index (κ2) is 8.66. The predicted molar refractivity (Wildman–Crippen MR) is 108 cm³/mol. The summed E-state index contributed by atoms with van der Waals surface area (Å²) >= 11 is 1.27. The van der Waals surface area contributed by atoms with Gasteiger partial charge in [0, 0.05) is 24.2 Å². The zero-order valence-electron chi connectivity index (χ0n) is 15.5. The number of nitrogens with one attached hydrogen (secondary N) is 1. The zero-order chi connectivity index (χ0) is 20.1. The summed E-state index contributed by atoms with van der Waals surface area (Å²) in [5.74, 6) is 0.607. The second-order valence-corrected chi connectivity index (χ2v) is 6.95. The quantitative estimate of drug-likeness (QED) is 0.368. The number of non-ortho nitro benzene ring substituents is 1. The van der Waals surface area contributed by atoms with E-state index in [2.05, 4.69) is 15.5 Å². The molecule has 1 amide bonds. The van der Waals surface area contributed by atoms with Gasteiger partial charge in [0.25, 0.3) is 5.69 Å². The SMILES string of the molecule is CCn1c(SCC(=O)Nc2cc([N+](=O)[O-])ccc2C)nnc1-c1ccccc1. The summed E-state index contributed by atoms with van der Waals surface area (Å²) in [4.78, 5) is 22.8. The molecule has 0 aliphatic rings. The van der Waals surface area contributed by atoms with E-state index in [9.17, 15) is 14.9 Å². The van der Waals surface area contributed by atoms with Gasteiger partial charge in [-0.1, -0.05) is 48.2 Å². The summed E-state index contributed by atoms with van der Waals surface area (Å²) in [6.45, 7) is 4.45. The molecular weight excluding hydrogens is 378 g/mol. The van der Waals surface area contributed by atoms with E-state index in [0.29, 0.717) is 17.4 Å². The minimum atomic E-state index is -0.487. The first kappa shape index (κ1) is 19.6. The van der Waals surface area contributed by atoms with Crippen LogP contribution in [0.2, 0.25) is 0 Å². The number of carbonyl (C=O) groups is 1. The maximum Gasteiger partial charge on any atom is 0.271 e. The Morgan fingerprint density at radius 1 is 1.21 bits per heavy atom. The average Bonchev–Trinajstić information content (AvgIpc) is 3.11. The standard InChI is InChI=1S/C19H19N5O3S/c1-3-23-18(14-7-5-4-6-8-14)21-22-19(23)28-12-17(25)20-16-11-15(24(26)27)10-9-13(16)2/h4-11H,3,12H2,1-2H3,(H,20,25). The van der Waals surface area contributed by atoms with Crippen molar-refractivity contribution in [3.8, 4) is 11.4 Å². The molecule has 28 heavy (non-hydrogen) atoms. The van der Waals surface area contributed by atoms with Crippen molar-refractivity contribution in [3.63, 3.8) is 0 Å². The highest BCUT2D eigenvalue weighted by molar-refractivity contribution is 7.99. The molecule has 2 aromatic carbocycles. The lowest BCUT2D eigenvalue weighted by Gasteiger charge is -2.09. The lowest BCUT2D eigenvalue weighted by molar-refractivity contribution is -0.384. The first-order valence-corrected chi connectivity index (χ1v) is 9.64. The Morgan fingerprint density at radius 3 is 2.64 bits per heavy atom. The molecule has 3 rings (SSSR count). The molecule has 0 unspecified atom stereocenters. The van der Waals surface area contributed by atoms with Crippen molar-refractivity contribution in [2.75, 3.05) is 11.1 Å². The first-order chi connectivity index (χ1) is 13.5. The monoisotopic (exact) mass is 397 g/mol. The Hall–Kier alpha value is -3.20. The maximum atomic E-state index is 12.3. The lowest BCUT2D eigenvalue weighted by Crippen LogP contribution is -2.15. The Labute approximate surface area is 166 Å². The number of hydrogen-bond acceptors (Lipinski definition) is 6. The molecule has 1 N–H and O–H groups in total. The number of carbonyl (C=O) groups excluding carboxylic acids is 1. The summed E-state index contributed by atoms with van der Waals surface area (Å²) in [7, 11) is 0.